The second-order valence-corrected chi connectivity index (χ2v) is 10.8. The molecule has 1 N–H and O–H groups in total. The number of hydrogen-bond acceptors (Lipinski definition) is 8. The Morgan fingerprint density at radius 2 is 1.94 bits per heavy atom. The second-order valence-electron chi connectivity index (χ2n) is 7.76. The van der Waals surface area contributed by atoms with E-state index in [-0.39, 0.29) is 6.04 Å². The molecule has 0 aromatic carbocycles. The first-order valence-electron chi connectivity index (χ1n) is 10.1. The Kier molecular flexibility index (Phi) is 6.22. The molecule has 1 aliphatic rings. The number of sulfonamides is 1. The number of rotatable bonds is 6. The SMILES string of the molecule is Cc1ccnc(Nc2cccc(-c3cnc(N(C)C4CCN(S(C)(=O)=O)CC4)s3)n2)c1. The van der Waals surface area contributed by atoms with Crippen molar-refractivity contribution in [1.82, 2.24) is 19.3 Å². The van der Waals surface area contributed by atoms with E-state index in [0.717, 1.165) is 45.7 Å². The van der Waals surface area contributed by atoms with Gasteiger partial charge in [0.2, 0.25) is 10.0 Å². The summed E-state index contributed by atoms with van der Waals surface area (Å²) < 4.78 is 25.0. The Morgan fingerprint density at radius 1 is 1.16 bits per heavy atom. The number of nitrogens with zero attached hydrogens (tertiary/aromatic N) is 5. The Morgan fingerprint density at radius 3 is 2.65 bits per heavy atom. The normalized spacial score (nSPS) is 15.7. The summed E-state index contributed by atoms with van der Waals surface area (Å²) in [5, 5.41) is 4.16. The quantitative estimate of drug-likeness (QED) is 0.604. The summed E-state index contributed by atoms with van der Waals surface area (Å²) in [5.41, 5.74) is 1.98. The summed E-state index contributed by atoms with van der Waals surface area (Å²) in [7, 11) is -1.09. The lowest BCUT2D eigenvalue weighted by Crippen LogP contribution is -2.45. The van der Waals surface area contributed by atoms with Crippen LogP contribution < -0.4 is 10.2 Å². The highest BCUT2D eigenvalue weighted by atomic mass is 32.2. The number of piperidine rings is 1. The number of anilines is 3. The first kappa shape index (κ1) is 21.7. The Hall–Kier alpha value is -2.56. The molecule has 0 unspecified atom stereocenters. The maximum absolute atomic E-state index is 11.7. The van der Waals surface area contributed by atoms with E-state index in [0.29, 0.717) is 13.1 Å². The van der Waals surface area contributed by atoms with Gasteiger partial charge in [-0.2, -0.15) is 0 Å². The summed E-state index contributed by atoms with van der Waals surface area (Å²) in [6, 6.07) is 10.0. The molecule has 8 nitrogen and oxygen atoms in total. The van der Waals surface area contributed by atoms with Gasteiger partial charge in [0.05, 0.1) is 16.8 Å². The van der Waals surface area contributed by atoms with Crippen molar-refractivity contribution >= 4 is 38.1 Å². The third-order valence-electron chi connectivity index (χ3n) is 5.41. The van der Waals surface area contributed by atoms with Crippen molar-refractivity contribution in [2.24, 2.45) is 0 Å². The molecule has 0 spiro atoms. The van der Waals surface area contributed by atoms with Gasteiger partial charge >= 0.3 is 0 Å². The van der Waals surface area contributed by atoms with Gasteiger partial charge < -0.3 is 10.2 Å². The van der Waals surface area contributed by atoms with Crippen molar-refractivity contribution in [3.05, 3.63) is 48.3 Å². The first-order chi connectivity index (χ1) is 14.8. The molecule has 0 bridgehead atoms. The largest absolute Gasteiger partial charge is 0.348 e. The van der Waals surface area contributed by atoms with Crippen LogP contribution in [0.25, 0.3) is 10.6 Å². The summed E-state index contributed by atoms with van der Waals surface area (Å²) in [6.07, 6.45) is 6.47. The smallest absolute Gasteiger partial charge is 0.211 e. The van der Waals surface area contributed by atoms with Gasteiger partial charge in [0.1, 0.15) is 11.6 Å². The van der Waals surface area contributed by atoms with E-state index in [1.807, 2.05) is 50.5 Å². The lowest BCUT2D eigenvalue weighted by molar-refractivity contribution is 0.316. The molecule has 0 atom stereocenters. The Labute approximate surface area is 187 Å². The predicted octanol–water partition coefficient (Wildman–Crippen LogP) is 3.51. The predicted molar refractivity (Wildman–Crippen MR) is 125 cm³/mol. The van der Waals surface area contributed by atoms with Gasteiger partial charge in [-0.3, -0.25) is 0 Å². The van der Waals surface area contributed by atoms with Crippen LogP contribution in [0.3, 0.4) is 0 Å². The van der Waals surface area contributed by atoms with Crippen LogP contribution in [0.4, 0.5) is 16.8 Å². The summed E-state index contributed by atoms with van der Waals surface area (Å²) in [6.45, 7) is 3.12. The average Bonchev–Trinajstić information content (AvgIpc) is 3.23. The van der Waals surface area contributed by atoms with Crippen molar-refractivity contribution < 1.29 is 8.42 Å². The molecule has 10 heteroatoms. The van der Waals surface area contributed by atoms with Gasteiger partial charge in [-0.05, 0) is 49.6 Å². The number of thiazole rings is 1. The highest BCUT2D eigenvalue weighted by Crippen LogP contribution is 2.32. The zero-order valence-electron chi connectivity index (χ0n) is 17.8. The van der Waals surface area contributed by atoms with Gasteiger partial charge in [0, 0.05) is 38.6 Å². The zero-order chi connectivity index (χ0) is 22.0. The zero-order valence-corrected chi connectivity index (χ0v) is 19.4. The van der Waals surface area contributed by atoms with E-state index < -0.39 is 10.0 Å². The van der Waals surface area contributed by atoms with Crippen molar-refractivity contribution in [3.63, 3.8) is 0 Å². The van der Waals surface area contributed by atoms with Gasteiger partial charge in [-0.15, -0.1) is 0 Å². The number of hydrogen-bond donors (Lipinski definition) is 1. The second kappa shape index (κ2) is 8.89. The maximum Gasteiger partial charge on any atom is 0.211 e. The number of pyridine rings is 2. The minimum absolute atomic E-state index is 0.269. The third-order valence-corrected chi connectivity index (χ3v) is 7.82. The van der Waals surface area contributed by atoms with Crippen LogP contribution in [-0.4, -0.2) is 60.1 Å². The summed E-state index contributed by atoms with van der Waals surface area (Å²) in [5.74, 6) is 1.49. The molecular formula is C21H26N6O2S2. The van der Waals surface area contributed by atoms with Crippen LogP contribution in [0.15, 0.2) is 42.7 Å². The van der Waals surface area contributed by atoms with Gasteiger partial charge in [0.15, 0.2) is 5.13 Å². The fraction of sp³-hybridized carbons (Fsp3) is 0.381. The van der Waals surface area contributed by atoms with E-state index in [1.165, 1.54) is 6.26 Å². The minimum atomic E-state index is -3.12. The van der Waals surface area contributed by atoms with Gasteiger partial charge in [0.25, 0.3) is 0 Å². The van der Waals surface area contributed by atoms with E-state index in [2.05, 4.69) is 20.2 Å². The Balaban J connectivity index is 1.45. The van der Waals surface area contributed by atoms with Gasteiger partial charge in [-0.25, -0.2) is 27.7 Å². The fourth-order valence-electron chi connectivity index (χ4n) is 3.64. The van der Waals surface area contributed by atoms with E-state index in [9.17, 15) is 8.42 Å². The monoisotopic (exact) mass is 458 g/mol. The van der Waals surface area contributed by atoms with Crippen molar-refractivity contribution in [3.8, 4) is 10.6 Å². The van der Waals surface area contributed by atoms with Gasteiger partial charge in [-0.1, -0.05) is 17.4 Å². The molecule has 1 fully saturated rings. The molecule has 0 aliphatic carbocycles. The highest BCUT2D eigenvalue weighted by Gasteiger charge is 2.28. The third kappa shape index (κ3) is 5.20. The molecule has 1 aliphatic heterocycles. The molecular weight excluding hydrogens is 432 g/mol. The van der Waals surface area contributed by atoms with Crippen LogP contribution >= 0.6 is 11.3 Å². The van der Waals surface area contributed by atoms with Crippen molar-refractivity contribution in [2.45, 2.75) is 25.8 Å². The van der Waals surface area contributed by atoms with Crippen LogP contribution in [0.1, 0.15) is 18.4 Å². The van der Waals surface area contributed by atoms with Crippen LogP contribution in [0.5, 0.6) is 0 Å². The number of nitrogens with one attached hydrogen (secondary N) is 1. The van der Waals surface area contributed by atoms with Crippen molar-refractivity contribution in [1.29, 1.82) is 0 Å². The molecule has 164 valence electrons. The number of aryl methyl sites for hydroxylation is 1. The van der Waals surface area contributed by atoms with Crippen LogP contribution in [0, 0.1) is 6.92 Å². The standard InChI is InChI=1S/C21H26N6O2S2/c1-15-7-10-22-20(13-15)25-19-6-4-5-17(24-19)18-14-23-21(30-18)26(2)16-8-11-27(12-9-16)31(3,28)29/h4-7,10,13-14,16H,8-9,11-12H2,1-3H3,(H,22,24,25). The van der Waals surface area contributed by atoms with Crippen LogP contribution in [-0.2, 0) is 10.0 Å². The summed E-state index contributed by atoms with van der Waals surface area (Å²) in [4.78, 5) is 16.8. The Bertz CT molecular complexity index is 1160. The molecule has 3 aromatic heterocycles. The molecule has 0 amide bonds. The minimum Gasteiger partial charge on any atom is -0.348 e. The molecule has 4 rings (SSSR count). The lowest BCUT2D eigenvalue weighted by Gasteiger charge is -2.35. The molecule has 3 aromatic rings. The summed E-state index contributed by atoms with van der Waals surface area (Å²) >= 11 is 1.59. The van der Waals surface area contributed by atoms with E-state index in [4.69, 9.17) is 4.98 Å². The molecule has 1 saturated heterocycles. The van der Waals surface area contributed by atoms with E-state index >= 15 is 0 Å². The average molecular weight is 459 g/mol. The van der Waals surface area contributed by atoms with Crippen LogP contribution in [0.2, 0.25) is 0 Å². The lowest BCUT2D eigenvalue weighted by atomic mass is 10.1. The molecule has 31 heavy (non-hydrogen) atoms. The highest BCUT2D eigenvalue weighted by molar-refractivity contribution is 7.88. The topological polar surface area (TPSA) is 91.3 Å². The van der Waals surface area contributed by atoms with Crippen molar-refractivity contribution in [2.75, 3.05) is 36.6 Å². The molecule has 4 heterocycles. The van der Waals surface area contributed by atoms with E-state index in [1.54, 1.807) is 21.8 Å². The first-order valence-corrected chi connectivity index (χ1v) is 12.8. The fourth-order valence-corrected chi connectivity index (χ4v) is 5.43. The molecule has 0 radical (unpaired) electrons. The maximum atomic E-state index is 11.7. The molecule has 0 saturated carbocycles. The number of aromatic nitrogens is 3.